The third kappa shape index (κ3) is 2.45. The molecule has 1 heterocycles. The molecule has 0 aromatic carbocycles. The van der Waals surface area contributed by atoms with Gasteiger partial charge in [-0.1, -0.05) is 19.3 Å². The highest BCUT2D eigenvalue weighted by molar-refractivity contribution is 4.92. The van der Waals surface area contributed by atoms with Crippen molar-refractivity contribution in [1.29, 1.82) is 0 Å². The monoisotopic (exact) mass is 252 g/mol. The molecule has 1 saturated heterocycles. The first-order valence-electron chi connectivity index (χ1n) is 7.89. The molecule has 104 valence electrons. The van der Waals surface area contributed by atoms with E-state index >= 15 is 0 Å². The topological polar surface area (TPSA) is 38.5 Å². The fourth-order valence-electron chi connectivity index (χ4n) is 4.07. The predicted molar refractivity (Wildman–Crippen MR) is 73.5 cm³/mol. The molecule has 3 nitrogen and oxygen atoms in total. The molecular formula is C15H28N2O. The molecule has 2 atom stereocenters. The summed E-state index contributed by atoms with van der Waals surface area (Å²) >= 11 is 0. The first kappa shape index (κ1) is 12.9. The van der Waals surface area contributed by atoms with Gasteiger partial charge in [0.05, 0.1) is 12.7 Å². The Balaban J connectivity index is 1.54. The summed E-state index contributed by atoms with van der Waals surface area (Å²) in [6.45, 7) is 4.23. The van der Waals surface area contributed by atoms with Crippen LogP contribution < -0.4 is 5.73 Å². The number of nitrogens with two attached hydrogens (primary N) is 1. The van der Waals surface area contributed by atoms with Crippen LogP contribution >= 0.6 is 0 Å². The summed E-state index contributed by atoms with van der Waals surface area (Å²) in [5, 5.41) is 0. The van der Waals surface area contributed by atoms with Crippen LogP contribution in [-0.4, -0.2) is 43.3 Å². The molecular weight excluding hydrogens is 224 g/mol. The molecule has 2 aliphatic carbocycles. The van der Waals surface area contributed by atoms with E-state index < -0.39 is 0 Å². The van der Waals surface area contributed by atoms with Gasteiger partial charge in [0, 0.05) is 12.6 Å². The average Bonchev–Trinajstić information content (AvgIpc) is 2.38. The van der Waals surface area contributed by atoms with Crippen LogP contribution in [0, 0.1) is 5.41 Å². The average molecular weight is 252 g/mol. The number of nitrogens with zero attached hydrogens (tertiary/aromatic N) is 1. The highest BCUT2D eigenvalue weighted by Gasteiger charge is 2.38. The lowest BCUT2D eigenvalue weighted by Gasteiger charge is -2.47. The molecule has 0 amide bonds. The minimum absolute atomic E-state index is 0.502. The second-order valence-corrected chi connectivity index (χ2v) is 6.60. The maximum absolute atomic E-state index is 5.97. The fraction of sp³-hybridized carbons (Fsp3) is 1.00. The lowest BCUT2D eigenvalue weighted by molar-refractivity contribution is -0.0923. The van der Waals surface area contributed by atoms with Gasteiger partial charge in [0.25, 0.3) is 0 Å². The van der Waals surface area contributed by atoms with Crippen LogP contribution in [0.25, 0.3) is 0 Å². The van der Waals surface area contributed by atoms with Gasteiger partial charge in [0.15, 0.2) is 0 Å². The van der Waals surface area contributed by atoms with Crippen molar-refractivity contribution in [3.8, 4) is 0 Å². The predicted octanol–water partition coefficient (Wildman–Crippen LogP) is 2.15. The van der Waals surface area contributed by atoms with E-state index in [0.29, 0.717) is 17.6 Å². The largest absolute Gasteiger partial charge is 0.375 e. The van der Waals surface area contributed by atoms with Crippen molar-refractivity contribution in [2.75, 3.05) is 26.2 Å². The first-order chi connectivity index (χ1) is 8.83. The minimum atomic E-state index is 0.502. The van der Waals surface area contributed by atoms with Crippen LogP contribution in [-0.2, 0) is 4.74 Å². The quantitative estimate of drug-likeness (QED) is 0.833. The van der Waals surface area contributed by atoms with Crippen LogP contribution in [0.5, 0.6) is 0 Å². The van der Waals surface area contributed by atoms with Crippen molar-refractivity contribution < 1.29 is 4.74 Å². The summed E-state index contributed by atoms with van der Waals surface area (Å²) in [7, 11) is 0. The van der Waals surface area contributed by atoms with E-state index in [9.17, 15) is 0 Å². The number of fused-ring (bicyclic) bond motifs is 1. The van der Waals surface area contributed by atoms with E-state index in [1.807, 2.05) is 0 Å². The molecule has 3 heteroatoms. The van der Waals surface area contributed by atoms with Crippen LogP contribution in [0.15, 0.2) is 0 Å². The Kier molecular flexibility index (Phi) is 3.92. The Morgan fingerprint density at radius 3 is 2.72 bits per heavy atom. The zero-order valence-electron chi connectivity index (χ0n) is 11.6. The van der Waals surface area contributed by atoms with Gasteiger partial charge in [-0.05, 0) is 50.6 Å². The molecule has 3 rings (SSSR count). The summed E-state index contributed by atoms with van der Waals surface area (Å²) in [4.78, 5) is 2.71. The SMILES string of the molecule is NCC1(CCN2CCOC3CCCCC32)CCC1. The maximum Gasteiger partial charge on any atom is 0.0730 e. The van der Waals surface area contributed by atoms with Gasteiger partial charge >= 0.3 is 0 Å². The molecule has 2 unspecified atom stereocenters. The third-order valence-electron chi connectivity index (χ3n) is 5.62. The smallest absolute Gasteiger partial charge is 0.0730 e. The Hall–Kier alpha value is -0.120. The van der Waals surface area contributed by atoms with Crippen molar-refractivity contribution in [1.82, 2.24) is 4.90 Å². The molecule has 2 N–H and O–H groups in total. The van der Waals surface area contributed by atoms with Crippen LogP contribution in [0.2, 0.25) is 0 Å². The van der Waals surface area contributed by atoms with Gasteiger partial charge < -0.3 is 10.5 Å². The van der Waals surface area contributed by atoms with Crippen LogP contribution in [0.3, 0.4) is 0 Å². The highest BCUT2D eigenvalue weighted by atomic mass is 16.5. The molecule has 0 spiro atoms. The number of hydrogen-bond acceptors (Lipinski definition) is 3. The molecule has 1 aliphatic heterocycles. The fourth-order valence-corrected chi connectivity index (χ4v) is 4.07. The zero-order chi connectivity index (χ0) is 12.4. The van der Waals surface area contributed by atoms with Crippen molar-refractivity contribution in [3.63, 3.8) is 0 Å². The number of rotatable bonds is 4. The molecule has 0 aromatic rings. The summed E-state index contributed by atoms with van der Waals surface area (Å²) in [6.07, 6.45) is 11.3. The highest BCUT2D eigenvalue weighted by Crippen LogP contribution is 2.43. The zero-order valence-corrected chi connectivity index (χ0v) is 11.6. The second kappa shape index (κ2) is 5.48. The van der Waals surface area contributed by atoms with Crippen molar-refractivity contribution in [2.24, 2.45) is 11.1 Å². The Morgan fingerprint density at radius 2 is 2.00 bits per heavy atom. The Bertz CT molecular complexity index is 270. The Morgan fingerprint density at radius 1 is 1.17 bits per heavy atom. The molecule has 3 fully saturated rings. The molecule has 0 radical (unpaired) electrons. The van der Waals surface area contributed by atoms with Crippen LogP contribution in [0.1, 0.15) is 51.4 Å². The number of morpholine rings is 1. The number of ether oxygens (including phenoxy) is 1. The van der Waals surface area contributed by atoms with E-state index in [1.165, 1.54) is 57.9 Å². The van der Waals surface area contributed by atoms with Gasteiger partial charge in [-0.3, -0.25) is 4.90 Å². The summed E-state index contributed by atoms with van der Waals surface area (Å²) in [5.41, 5.74) is 6.48. The third-order valence-corrected chi connectivity index (χ3v) is 5.62. The van der Waals surface area contributed by atoms with Gasteiger partial charge in [-0.15, -0.1) is 0 Å². The van der Waals surface area contributed by atoms with Gasteiger partial charge in [0.1, 0.15) is 0 Å². The van der Waals surface area contributed by atoms with Crippen molar-refractivity contribution >= 4 is 0 Å². The molecule has 0 aromatic heterocycles. The number of hydrogen-bond donors (Lipinski definition) is 1. The lowest BCUT2D eigenvalue weighted by Crippen LogP contribution is -2.54. The van der Waals surface area contributed by atoms with Crippen molar-refractivity contribution in [2.45, 2.75) is 63.5 Å². The Labute approximate surface area is 111 Å². The minimum Gasteiger partial charge on any atom is -0.375 e. The second-order valence-electron chi connectivity index (χ2n) is 6.60. The first-order valence-corrected chi connectivity index (χ1v) is 7.89. The van der Waals surface area contributed by atoms with E-state index in [2.05, 4.69) is 4.90 Å². The summed E-state index contributed by atoms with van der Waals surface area (Å²) < 4.78 is 5.94. The molecule has 2 saturated carbocycles. The van der Waals surface area contributed by atoms with Gasteiger partial charge in [-0.25, -0.2) is 0 Å². The summed E-state index contributed by atoms with van der Waals surface area (Å²) in [6, 6.07) is 0.711. The van der Waals surface area contributed by atoms with Gasteiger partial charge in [-0.2, -0.15) is 0 Å². The van der Waals surface area contributed by atoms with Crippen molar-refractivity contribution in [3.05, 3.63) is 0 Å². The van der Waals surface area contributed by atoms with E-state index in [-0.39, 0.29) is 0 Å². The van der Waals surface area contributed by atoms with E-state index in [4.69, 9.17) is 10.5 Å². The lowest BCUT2D eigenvalue weighted by atomic mass is 9.66. The van der Waals surface area contributed by atoms with Crippen LogP contribution in [0.4, 0.5) is 0 Å². The normalized spacial score (nSPS) is 35.8. The summed E-state index contributed by atoms with van der Waals surface area (Å²) in [5.74, 6) is 0. The molecule has 18 heavy (non-hydrogen) atoms. The van der Waals surface area contributed by atoms with E-state index in [1.54, 1.807) is 0 Å². The molecule has 3 aliphatic rings. The standard InChI is InChI=1S/C15H28N2O/c16-12-15(6-3-7-15)8-9-17-10-11-18-14-5-2-1-4-13(14)17/h13-14H,1-12,16H2. The maximum atomic E-state index is 5.97. The van der Waals surface area contributed by atoms with E-state index in [0.717, 1.165) is 19.7 Å². The van der Waals surface area contributed by atoms with Gasteiger partial charge in [0.2, 0.25) is 0 Å². The molecule has 0 bridgehead atoms.